The summed E-state index contributed by atoms with van der Waals surface area (Å²) in [6.07, 6.45) is 3.69. The zero-order valence-electron chi connectivity index (χ0n) is 10.4. The van der Waals surface area contributed by atoms with Crippen molar-refractivity contribution in [1.29, 1.82) is 0 Å². The molecular weight excluding hydrogens is 345 g/mol. The van der Waals surface area contributed by atoms with Crippen molar-refractivity contribution in [1.82, 2.24) is 5.32 Å². The van der Waals surface area contributed by atoms with Crippen molar-refractivity contribution < 1.29 is 5.11 Å². The van der Waals surface area contributed by atoms with Gasteiger partial charge in [0, 0.05) is 17.0 Å². The molecule has 2 rings (SSSR count). The molecule has 0 aliphatic heterocycles. The molecule has 0 aromatic carbocycles. The van der Waals surface area contributed by atoms with E-state index in [4.69, 9.17) is 0 Å². The normalized spacial score (nSPS) is 21.6. The van der Waals surface area contributed by atoms with Crippen LogP contribution in [0.3, 0.4) is 0 Å². The van der Waals surface area contributed by atoms with Crippen LogP contribution in [0, 0.1) is 8.80 Å². The fraction of sp³-hybridized carbons (Fsp3) is 0.692. The quantitative estimate of drug-likeness (QED) is 0.803. The highest BCUT2D eigenvalue weighted by Gasteiger charge is 2.25. The van der Waals surface area contributed by atoms with Crippen LogP contribution in [0.4, 0.5) is 0 Å². The molecule has 1 aliphatic rings. The van der Waals surface area contributed by atoms with E-state index in [2.05, 4.69) is 47.8 Å². The fourth-order valence-electron chi connectivity index (χ4n) is 2.41. The molecule has 4 heteroatoms. The predicted octanol–water partition coefficient (Wildman–Crippen LogP) is 3.34. The summed E-state index contributed by atoms with van der Waals surface area (Å²) in [6.45, 7) is 4.55. The number of hydrogen-bond acceptors (Lipinski definition) is 3. The van der Waals surface area contributed by atoms with Crippen LogP contribution < -0.4 is 5.32 Å². The molecule has 2 N–H and O–H groups in total. The molecule has 2 nitrogen and oxygen atoms in total. The van der Waals surface area contributed by atoms with Gasteiger partial charge in [-0.25, -0.2) is 0 Å². The Morgan fingerprint density at radius 2 is 2.35 bits per heavy atom. The number of fused-ring (bicyclic) bond motifs is 1. The van der Waals surface area contributed by atoms with Crippen molar-refractivity contribution in [3.8, 4) is 0 Å². The van der Waals surface area contributed by atoms with Crippen molar-refractivity contribution >= 4 is 33.9 Å². The number of aryl methyl sites for hydroxylation is 1. The first kappa shape index (κ1) is 13.8. The third-order valence-electron chi connectivity index (χ3n) is 3.50. The molecule has 1 aromatic rings. The summed E-state index contributed by atoms with van der Waals surface area (Å²) in [5.74, 6) is 0.475. The second-order valence-corrected chi connectivity index (χ2v) is 8.10. The monoisotopic (exact) mass is 365 g/mol. The van der Waals surface area contributed by atoms with Gasteiger partial charge in [0.15, 0.2) is 0 Å². The molecule has 0 saturated heterocycles. The van der Waals surface area contributed by atoms with Gasteiger partial charge in [-0.05, 0) is 59.4 Å². The number of thiophene rings is 1. The van der Waals surface area contributed by atoms with Gasteiger partial charge in [0.1, 0.15) is 0 Å². The predicted molar refractivity (Wildman–Crippen MR) is 81.6 cm³/mol. The minimum absolute atomic E-state index is 0.212. The topological polar surface area (TPSA) is 32.3 Å². The molecule has 0 saturated carbocycles. The van der Waals surface area contributed by atoms with E-state index in [9.17, 15) is 5.11 Å². The molecule has 1 heterocycles. The first-order valence-corrected chi connectivity index (χ1v) is 8.16. The number of hydrogen-bond donors (Lipinski definition) is 2. The highest BCUT2D eigenvalue weighted by Crippen LogP contribution is 2.36. The summed E-state index contributed by atoms with van der Waals surface area (Å²) >= 11 is 4.33. The van der Waals surface area contributed by atoms with E-state index in [1.165, 1.54) is 27.7 Å². The summed E-state index contributed by atoms with van der Waals surface area (Å²) in [7, 11) is 0. The van der Waals surface area contributed by atoms with E-state index in [0.717, 1.165) is 0 Å². The third-order valence-corrected chi connectivity index (χ3v) is 5.47. The Hall–Kier alpha value is 0.350. The van der Waals surface area contributed by atoms with Crippen LogP contribution in [0.15, 0.2) is 6.07 Å². The van der Waals surface area contributed by atoms with E-state index in [1.54, 1.807) is 4.88 Å². The van der Waals surface area contributed by atoms with Crippen LogP contribution in [0.2, 0.25) is 0 Å². The first-order chi connectivity index (χ1) is 8.11. The molecule has 1 aliphatic carbocycles. The SMILES string of the molecule is CC(C)C(CO)NC1CCCc2sc(I)cc21. The maximum Gasteiger partial charge on any atom is 0.0659 e. The maximum absolute atomic E-state index is 9.42. The van der Waals surface area contributed by atoms with Gasteiger partial charge in [0.25, 0.3) is 0 Å². The lowest BCUT2D eigenvalue weighted by Gasteiger charge is -2.30. The highest BCUT2D eigenvalue weighted by atomic mass is 127. The van der Waals surface area contributed by atoms with Crippen molar-refractivity contribution in [2.45, 2.75) is 45.2 Å². The molecule has 0 spiro atoms. The van der Waals surface area contributed by atoms with Gasteiger partial charge in [-0.1, -0.05) is 13.8 Å². The molecule has 1 aromatic heterocycles. The Labute approximate surface area is 121 Å². The summed E-state index contributed by atoms with van der Waals surface area (Å²) in [5, 5.41) is 13.0. The summed E-state index contributed by atoms with van der Waals surface area (Å²) < 4.78 is 1.38. The number of nitrogens with one attached hydrogen (secondary N) is 1. The third kappa shape index (κ3) is 3.22. The number of aliphatic hydroxyl groups is 1. The molecule has 96 valence electrons. The lowest BCUT2D eigenvalue weighted by molar-refractivity contribution is 0.195. The Bertz CT molecular complexity index is 377. The molecule has 17 heavy (non-hydrogen) atoms. The van der Waals surface area contributed by atoms with Crippen LogP contribution in [-0.2, 0) is 6.42 Å². The van der Waals surface area contributed by atoms with Gasteiger partial charge >= 0.3 is 0 Å². The second kappa shape index (κ2) is 5.99. The summed E-state index contributed by atoms with van der Waals surface area (Å²) in [6, 6.07) is 2.97. The second-order valence-electron chi connectivity index (χ2n) is 5.07. The Morgan fingerprint density at radius 3 is 3.00 bits per heavy atom. The Kier molecular flexibility index (Phi) is 4.86. The lowest BCUT2D eigenvalue weighted by atomic mass is 9.92. The largest absolute Gasteiger partial charge is 0.395 e. The Morgan fingerprint density at radius 1 is 1.59 bits per heavy atom. The van der Waals surface area contributed by atoms with E-state index < -0.39 is 0 Å². The lowest BCUT2D eigenvalue weighted by Crippen LogP contribution is -2.40. The van der Waals surface area contributed by atoms with Gasteiger partial charge in [-0.2, -0.15) is 0 Å². The van der Waals surface area contributed by atoms with E-state index >= 15 is 0 Å². The zero-order chi connectivity index (χ0) is 12.4. The van der Waals surface area contributed by atoms with Gasteiger partial charge in [0.05, 0.1) is 9.49 Å². The average Bonchev–Trinajstić information content (AvgIpc) is 2.66. The molecule has 0 fully saturated rings. The molecule has 0 radical (unpaired) electrons. The maximum atomic E-state index is 9.42. The molecular formula is C13H20INOS. The molecule has 0 amide bonds. The van der Waals surface area contributed by atoms with E-state index in [1.807, 2.05) is 11.3 Å². The van der Waals surface area contributed by atoms with Crippen molar-refractivity contribution in [2.24, 2.45) is 5.92 Å². The zero-order valence-corrected chi connectivity index (χ0v) is 13.3. The van der Waals surface area contributed by atoms with Crippen molar-refractivity contribution in [3.05, 3.63) is 19.4 Å². The fourth-order valence-corrected chi connectivity index (χ4v) is 4.53. The number of rotatable bonds is 4. The van der Waals surface area contributed by atoms with Gasteiger partial charge in [-0.3, -0.25) is 0 Å². The van der Waals surface area contributed by atoms with Gasteiger partial charge in [-0.15, -0.1) is 11.3 Å². The number of aliphatic hydroxyl groups excluding tert-OH is 1. The molecule has 0 bridgehead atoms. The van der Waals surface area contributed by atoms with Crippen LogP contribution in [0.1, 0.15) is 43.2 Å². The standard InChI is InChI=1S/C13H20INOS/c1-8(2)11(7-16)15-10-4-3-5-12-9(10)6-13(14)17-12/h6,8,10-11,15-16H,3-5,7H2,1-2H3. The number of halogens is 1. The molecule has 2 unspecified atom stereocenters. The van der Waals surface area contributed by atoms with Gasteiger partial charge in [0.2, 0.25) is 0 Å². The van der Waals surface area contributed by atoms with Crippen LogP contribution >= 0.6 is 33.9 Å². The minimum Gasteiger partial charge on any atom is -0.395 e. The highest BCUT2D eigenvalue weighted by molar-refractivity contribution is 14.1. The van der Waals surface area contributed by atoms with Crippen molar-refractivity contribution in [2.75, 3.05) is 6.61 Å². The summed E-state index contributed by atoms with van der Waals surface area (Å²) in [4.78, 5) is 1.54. The first-order valence-electron chi connectivity index (χ1n) is 6.26. The van der Waals surface area contributed by atoms with E-state index in [0.29, 0.717) is 12.0 Å². The smallest absolute Gasteiger partial charge is 0.0659 e. The summed E-state index contributed by atoms with van der Waals surface area (Å²) in [5.41, 5.74) is 1.48. The van der Waals surface area contributed by atoms with Crippen LogP contribution in [-0.4, -0.2) is 17.8 Å². The van der Waals surface area contributed by atoms with Gasteiger partial charge < -0.3 is 10.4 Å². The Balaban J connectivity index is 2.12. The van der Waals surface area contributed by atoms with Crippen LogP contribution in [0.5, 0.6) is 0 Å². The van der Waals surface area contributed by atoms with Crippen molar-refractivity contribution in [3.63, 3.8) is 0 Å². The minimum atomic E-state index is 0.212. The van der Waals surface area contributed by atoms with E-state index in [-0.39, 0.29) is 12.6 Å². The average molecular weight is 365 g/mol. The molecule has 2 atom stereocenters. The van der Waals surface area contributed by atoms with Crippen LogP contribution in [0.25, 0.3) is 0 Å².